The molecule has 0 spiro atoms. The molecule has 1 unspecified atom stereocenters. The Balaban J connectivity index is 2.90. The van der Waals surface area contributed by atoms with Gasteiger partial charge in [-0.25, -0.2) is 0 Å². The SMILES string of the molecule is CC(=O)CC1C(C)=CC(=O)C1(C)C. The molecule has 0 saturated heterocycles. The second-order valence-electron chi connectivity index (χ2n) is 4.43. The van der Waals surface area contributed by atoms with E-state index in [-0.39, 0.29) is 22.9 Å². The maximum atomic E-state index is 11.5. The van der Waals surface area contributed by atoms with Crippen LogP contribution in [0.4, 0.5) is 0 Å². The third kappa shape index (κ3) is 1.71. The van der Waals surface area contributed by atoms with Gasteiger partial charge in [-0.2, -0.15) is 0 Å². The standard InChI is InChI=1S/C11H16O2/c1-7-5-10(13)11(3,4)9(7)6-8(2)12/h5,9H,6H2,1-4H3. The van der Waals surface area contributed by atoms with E-state index in [2.05, 4.69) is 0 Å². The molecule has 0 aromatic heterocycles. The molecule has 1 aliphatic rings. The summed E-state index contributed by atoms with van der Waals surface area (Å²) in [4.78, 5) is 22.5. The first-order chi connectivity index (χ1) is 5.85. The van der Waals surface area contributed by atoms with E-state index in [9.17, 15) is 9.59 Å². The lowest BCUT2D eigenvalue weighted by Gasteiger charge is -2.26. The molecule has 0 radical (unpaired) electrons. The summed E-state index contributed by atoms with van der Waals surface area (Å²) in [5.74, 6) is 0.411. The number of rotatable bonds is 2. The summed E-state index contributed by atoms with van der Waals surface area (Å²) < 4.78 is 0. The maximum Gasteiger partial charge on any atom is 0.161 e. The summed E-state index contributed by atoms with van der Waals surface area (Å²) in [7, 11) is 0. The predicted octanol–water partition coefficient (Wildman–Crippen LogP) is 2.14. The number of carbonyl (C=O) groups excluding carboxylic acids is 2. The monoisotopic (exact) mass is 180 g/mol. The van der Waals surface area contributed by atoms with Gasteiger partial charge >= 0.3 is 0 Å². The molecule has 0 N–H and O–H groups in total. The predicted molar refractivity (Wildman–Crippen MR) is 51.3 cm³/mol. The van der Waals surface area contributed by atoms with Crippen LogP contribution >= 0.6 is 0 Å². The van der Waals surface area contributed by atoms with E-state index in [0.717, 1.165) is 5.57 Å². The topological polar surface area (TPSA) is 34.1 Å². The van der Waals surface area contributed by atoms with Gasteiger partial charge in [-0.05, 0) is 25.8 Å². The van der Waals surface area contributed by atoms with Gasteiger partial charge in [0.25, 0.3) is 0 Å². The number of Topliss-reactive ketones (excluding diaryl/α,β-unsaturated/α-hetero) is 1. The minimum absolute atomic E-state index is 0.109. The Kier molecular flexibility index (Phi) is 2.42. The highest BCUT2D eigenvalue weighted by molar-refractivity contribution is 5.98. The van der Waals surface area contributed by atoms with Gasteiger partial charge in [0.1, 0.15) is 5.78 Å². The van der Waals surface area contributed by atoms with Crippen LogP contribution in [0, 0.1) is 11.3 Å². The summed E-state index contributed by atoms with van der Waals surface area (Å²) >= 11 is 0. The molecule has 13 heavy (non-hydrogen) atoms. The Morgan fingerprint density at radius 3 is 2.38 bits per heavy atom. The fraction of sp³-hybridized carbons (Fsp3) is 0.636. The highest BCUT2D eigenvalue weighted by Gasteiger charge is 2.41. The minimum atomic E-state index is -0.379. The van der Waals surface area contributed by atoms with Gasteiger partial charge < -0.3 is 4.79 Å². The molecule has 2 nitrogen and oxygen atoms in total. The molecular weight excluding hydrogens is 164 g/mol. The molecule has 0 bridgehead atoms. The van der Waals surface area contributed by atoms with Gasteiger partial charge in [0.15, 0.2) is 5.78 Å². The van der Waals surface area contributed by atoms with Crippen LogP contribution in [0.5, 0.6) is 0 Å². The van der Waals surface area contributed by atoms with Gasteiger partial charge in [0.2, 0.25) is 0 Å². The normalized spacial score (nSPS) is 26.0. The van der Waals surface area contributed by atoms with Crippen LogP contribution in [0.3, 0.4) is 0 Å². The van der Waals surface area contributed by atoms with Gasteiger partial charge in [-0.15, -0.1) is 0 Å². The first kappa shape index (κ1) is 10.2. The molecule has 0 aliphatic heterocycles. The maximum absolute atomic E-state index is 11.5. The Morgan fingerprint density at radius 2 is 2.08 bits per heavy atom. The first-order valence-corrected chi connectivity index (χ1v) is 4.57. The lowest BCUT2D eigenvalue weighted by Crippen LogP contribution is -2.28. The number of hydrogen-bond acceptors (Lipinski definition) is 2. The van der Waals surface area contributed by atoms with Crippen molar-refractivity contribution in [2.75, 3.05) is 0 Å². The number of ketones is 2. The van der Waals surface area contributed by atoms with Crippen LogP contribution in [0.15, 0.2) is 11.6 Å². The molecule has 0 aromatic carbocycles. The molecule has 0 aromatic rings. The fourth-order valence-corrected chi connectivity index (χ4v) is 1.94. The van der Waals surface area contributed by atoms with Gasteiger partial charge in [0, 0.05) is 11.8 Å². The van der Waals surface area contributed by atoms with Crippen molar-refractivity contribution >= 4 is 11.6 Å². The van der Waals surface area contributed by atoms with Crippen molar-refractivity contribution in [3.63, 3.8) is 0 Å². The van der Waals surface area contributed by atoms with E-state index in [1.54, 1.807) is 13.0 Å². The largest absolute Gasteiger partial charge is 0.300 e. The molecular formula is C11H16O2. The summed E-state index contributed by atoms with van der Waals surface area (Å²) in [6.07, 6.45) is 2.16. The van der Waals surface area contributed by atoms with Crippen molar-refractivity contribution in [3.05, 3.63) is 11.6 Å². The lowest BCUT2D eigenvalue weighted by molar-refractivity contribution is -0.124. The number of allylic oxidation sites excluding steroid dienone is 2. The average Bonchev–Trinajstić information content (AvgIpc) is 2.13. The first-order valence-electron chi connectivity index (χ1n) is 4.57. The summed E-state index contributed by atoms with van der Waals surface area (Å²) in [5.41, 5.74) is 0.667. The second-order valence-corrected chi connectivity index (χ2v) is 4.43. The minimum Gasteiger partial charge on any atom is -0.300 e. The van der Waals surface area contributed by atoms with Crippen molar-refractivity contribution in [2.24, 2.45) is 11.3 Å². The van der Waals surface area contributed by atoms with Gasteiger partial charge in [-0.3, -0.25) is 4.79 Å². The molecule has 1 rings (SSSR count). The molecule has 72 valence electrons. The van der Waals surface area contributed by atoms with Crippen molar-refractivity contribution in [1.29, 1.82) is 0 Å². The summed E-state index contributed by atoms with van der Waals surface area (Å²) in [5, 5.41) is 0. The molecule has 0 fully saturated rings. The van der Waals surface area contributed by atoms with Gasteiger partial charge in [0.05, 0.1) is 0 Å². The van der Waals surface area contributed by atoms with E-state index in [4.69, 9.17) is 0 Å². The molecule has 0 amide bonds. The van der Waals surface area contributed by atoms with Crippen LogP contribution < -0.4 is 0 Å². The quantitative estimate of drug-likeness (QED) is 0.652. The second kappa shape index (κ2) is 3.09. The fourth-order valence-electron chi connectivity index (χ4n) is 1.94. The van der Waals surface area contributed by atoms with Crippen LogP contribution in [0.1, 0.15) is 34.1 Å². The van der Waals surface area contributed by atoms with Crippen LogP contribution in [0.2, 0.25) is 0 Å². The van der Waals surface area contributed by atoms with Crippen LogP contribution in [0.25, 0.3) is 0 Å². The summed E-state index contributed by atoms with van der Waals surface area (Å²) in [6, 6.07) is 0. The molecule has 0 saturated carbocycles. The van der Waals surface area contributed by atoms with Crippen molar-refractivity contribution in [1.82, 2.24) is 0 Å². The number of hydrogen-bond donors (Lipinski definition) is 0. The van der Waals surface area contributed by atoms with Crippen LogP contribution in [-0.2, 0) is 9.59 Å². The van der Waals surface area contributed by atoms with Crippen molar-refractivity contribution in [2.45, 2.75) is 34.1 Å². The molecule has 2 heteroatoms. The third-order valence-electron chi connectivity index (χ3n) is 2.91. The Morgan fingerprint density at radius 1 is 1.54 bits per heavy atom. The Hall–Kier alpha value is -0.920. The average molecular weight is 180 g/mol. The Bertz CT molecular complexity index is 284. The Labute approximate surface area is 79.0 Å². The zero-order valence-electron chi connectivity index (χ0n) is 8.68. The molecule has 1 atom stereocenters. The highest BCUT2D eigenvalue weighted by atomic mass is 16.1. The van der Waals surface area contributed by atoms with E-state index in [1.165, 1.54) is 0 Å². The summed E-state index contributed by atoms with van der Waals surface area (Å²) in [6.45, 7) is 7.33. The van der Waals surface area contributed by atoms with Gasteiger partial charge in [-0.1, -0.05) is 19.4 Å². The van der Waals surface area contributed by atoms with Crippen molar-refractivity contribution in [3.8, 4) is 0 Å². The zero-order valence-corrected chi connectivity index (χ0v) is 8.68. The zero-order chi connectivity index (χ0) is 10.2. The smallest absolute Gasteiger partial charge is 0.161 e. The van der Waals surface area contributed by atoms with Crippen molar-refractivity contribution < 1.29 is 9.59 Å². The van der Waals surface area contributed by atoms with E-state index >= 15 is 0 Å². The van der Waals surface area contributed by atoms with E-state index in [1.807, 2.05) is 20.8 Å². The number of carbonyl (C=O) groups is 2. The van der Waals surface area contributed by atoms with E-state index in [0.29, 0.717) is 6.42 Å². The highest BCUT2D eigenvalue weighted by Crippen LogP contribution is 2.41. The van der Waals surface area contributed by atoms with E-state index < -0.39 is 0 Å². The molecule has 1 aliphatic carbocycles. The third-order valence-corrected chi connectivity index (χ3v) is 2.91. The molecule has 0 heterocycles. The lowest BCUT2D eigenvalue weighted by atomic mass is 9.76. The van der Waals surface area contributed by atoms with Crippen LogP contribution in [-0.4, -0.2) is 11.6 Å².